The van der Waals surface area contributed by atoms with Gasteiger partial charge in [0.15, 0.2) is 0 Å². The molecule has 108 valence electrons. The average molecular weight is 294 g/mol. The van der Waals surface area contributed by atoms with E-state index in [-0.39, 0.29) is 0 Å². The van der Waals surface area contributed by atoms with E-state index in [9.17, 15) is 4.79 Å². The summed E-state index contributed by atoms with van der Waals surface area (Å²) in [6.07, 6.45) is 7.72. The van der Waals surface area contributed by atoms with Crippen LogP contribution in [0.2, 0.25) is 5.02 Å². The van der Waals surface area contributed by atoms with Crippen LogP contribution >= 0.6 is 11.6 Å². The molecule has 0 unspecified atom stereocenters. The van der Waals surface area contributed by atoms with Crippen molar-refractivity contribution in [3.05, 3.63) is 34.9 Å². The monoisotopic (exact) mass is 293 g/mol. The summed E-state index contributed by atoms with van der Waals surface area (Å²) in [5, 5.41) is 9.25. The summed E-state index contributed by atoms with van der Waals surface area (Å²) in [4.78, 5) is 12.9. The number of carboxylic acids is 1. The molecule has 0 radical (unpaired) electrons. The number of hydrogen-bond donors (Lipinski definition) is 1. The number of hydrogen-bond acceptors (Lipinski definition) is 2. The van der Waals surface area contributed by atoms with E-state index in [2.05, 4.69) is 11.8 Å². The Morgan fingerprint density at radius 1 is 1.45 bits per heavy atom. The minimum Gasteiger partial charge on any atom is -0.478 e. The lowest BCUT2D eigenvalue weighted by Gasteiger charge is -2.30. The van der Waals surface area contributed by atoms with Crippen LogP contribution < -0.4 is 4.90 Å². The van der Waals surface area contributed by atoms with Crippen molar-refractivity contribution in [1.29, 1.82) is 0 Å². The first-order valence-corrected chi connectivity index (χ1v) is 7.47. The maximum Gasteiger partial charge on any atom is 0.328 e. The molecule has 0 saturated heterocycles. The summed E-state index contributed by atoms with van der Waals surface area (Å²) >= 11 is 6.25. The summed E-state index contributed by atoms with van der Waals surface area (Å²) in [7, 11) is 0. The van der Waals surface area contributed by atoms with Crippen molar-refractivity contribution < 1.29 is 9.90 Å². The predicted octanol–water partition coefficient (Wildman–Crippen LogP) is 4.21. The highest BCUT2D eigenvalue weighted by Crippen LogP contribution is 2.31. The zero-order chi connectivity index (χ0) is 14.5. The molecule has 0 heterocycles. The fourth-order valence-electron chi connectivity index (χ4n) is 2.86. The smallest absolute Gasteiger partial charge is 0.328 e. The van der Waals surface area contributed by atoms with Crippen molar-refractivity contribution >= 4 is 29.3 Å². The summed E-state index contributed by atoms with van der Waals surface area (Å²) in [6.45, 7) is 3.12. The molecule has 1 aromatic rings. The molecule has 0 bridgehead atoms. The third-order valence-corrected chi connectivity index (χ3v) is 4.15. The Labute approximate surface area is 124 Å². The second-order valence-electron chi connectivity index (χ2n) is 5.10. The largest absolute Gasteiger partial charge is 0.478 e. The van der Waals surface area contributed by atoms with E-state index in [4.69, 9.17) is 16.7 Å². The Morgan fingerprint density at radius 3 is 2.70 bits per heavy atom. The lowest BCUT2D eigenvalue weighted by Crippen LogP contribution is -2.32. The molecule has 4 heteroatoms. The second kappa shape index (κ2) is 6.80. The standard InChI is InChI=1S/C16H20ClNO2/c1-2-18(13-5-3-4-6-13)14-9-7-12(15(17)11-14)8-10-16(19)20/h7-11,13H,2-6H2,1H3,(H,19,20)/b10-8+. The molecule has 1 aliphatic carbocycles. The van der Waals surface area contributed by atoms with Crippen LogP contribution in [0.25, 0.3) is 6.08 Å². The van der Waals surface area contributed by atoms with Crippen molar-refractivity contribution in [2.75, 3.05) is 11.4 Å². The van der Waals surface area contributed by atoms with E-state index in [1.54, 1.807) is 0 Å². The molecular weight excluding hydrogens is 274 g/mol. The van der Waals surface area contributed by atoms with Gasteiger partial charge in [-0.15, -0.1) is 0 Å². The first kappa shape index (κ1) is 14.9. The van der Waals surface area contributed by atoms with Gasteiger partial charge in [0.1, 0.15) is 0 Å². The number of rotatable bonds is 5. The van der Waals surface area contributed by atoms with Gasteiger partial charge in [0.2, 0.25) is 0 Å². The van der Waals surface area contributed by atoms with Gasteiger partial charge in [-0.05, 0) is 43.5 Å². The van der Waals surface area contributed by atoms with Crippen LogP contribution in [0, 0.1) is 0 Å². The van der Waals surface area contributed by atoms with Gasteiger partial charge in [-0.1, -0.05) is 30.5 Å². The lowest BCUT2D eigenvalue weighted by atomic mass is 10.1. The van der Waals surface area contributed by atoms with Crippen LogP contribution in [0.15, 0.2) is 24.3 Å². The summed E-state index contributed by atoms with van der Waals surface area (Å²) in [5.74, 6) is -0.966. The SMILES string of the molecule is CCN(c1ccc(/C=C/C(=O)O)c(Cl)c1)C1CCCC1. The number of nitrogens with zero attached hydrogens (tertiary/aromatic N) is 1. The van der Waals surface area contributed by atoms with Gasteiger partial charge in [-0.25, -0.2) is 4.79 Å². The molecule has 0 spiro atoms. The van der Waals surface area contributed by atoms with Crippen molar-refractivity contribution in [3.8, 4) is 0 Å². The van der Waals surface area contributed by atoms with Crippen molar-refractivity contribution in [3.63, 3.8) is 0 Å². The maximum atomic E-state index is 10.5. The first-order valence-electron chi connectivity index (χ1n) is 7.09. The molecule has 1 fully saturated rings. The number of benzene rings is 1. The van der Waals surface area contributed by atoms with Crippen LogP contribution in [0.5, 0.6) is 0 Å². The van der Waals surface area contributed by atoms with Gasteiger partial charge in [0.05, 0.1) is 0 Å². The zero-order valence-corrected chi connectivity index (χ0v) is 12.4. The molecule has 3 nitrogen and oxygen atoms in total. The number of aliphatic carboxylic acids is 1. The maximum absolute atomic E-state index is 10.5. The molecule has 0 amide bonds. The number of halogens is 1. The van der Waals surface area contributed by atoms with E-state index in [1.807, 2.05) is 18.2 Å². The molecular formula is C16H20ClNO2. The number of carbonyl (C=O) groups is 1. The highest BCUT2D eigenvalue weighted by molar-refractivity contribution is 6.32. The van der Waals surface area contributed by atoms with Gasteiger partial charge in [0.25, 0.3) is 0 Å². The van der Waals surface area contributed by atoms with Crippen LogP contribution in [-0.2, 0) is 4.79 Å². The van der Waals surface area contributed by atoms with Gasteiger partial charge < -0.3 is 10.0 Å². The zero-order valence-electron chi connectivity index (χ0n) is 11.7. The van der Waals surface area contributed by atoms with E-state index < -0.39 is 5.97 Å². The number of carboxylic acid groups (broad SMARTS) is 1. The Morgan fingerprint density at radius 2 is 2.15 bits per heavy atom. The molecule has 0 aromatic heterocycles. The van der Waals surface area contributed by atoms with Crippen LogP contribution in [0.1, 0.15) is 38.2 Å². The van der Waals surface area contributed by atoms with Crippen LogP contribution in [0.4, 0.5) is 5.69 Å². The van der Waals surface area contributed by atoms with Gasteiger partial charge in [-0.2, -0.15) is 0 Å². The fraction of sp³-hybridized carbons (Fsp3) is 0.438. The van der Waals surface area contributed by atoms with E-state index in [1.165, 1.54) is 31.8 Å². The molecule has 1 saturated carbocycles. The highest BCUT2D eigenvalue weighted by Gasteiger charge is 2.21. The summed E-state index contributed by atoms with van der Waals surface area (Å²) < 4.78 is 0. The van der Waals surface area contributed by atoms with E-state index >= 15 is 0 Å². The van der Waals surface area contributed by atoms with Crippen molar-refractivity contribution in [2.45, 2.75) is 38.6 Å². The quantitative estimate of drug-likeness (QED) is 0.827. The lowest BCUT2D eigenvalue weighted by molar-refractivity contribution is -0.131. The molecule has 0 aliphatic heterocycles. The average Bonchev–Trinajstić information content (AvgIpc) is 2.92. The predicted molar refractivity (Wildman–Crippen MR) is 83.4 cm³/mol. The molecule has 1 aliphatic rings. The molecule has 20 heavy (non-hydrogen) atoms. The minimum atomic E-state index is -0.966. The molecule has 1 N–H and O–H groups in total. The van der Waals surface area contributed by atoms with Gasteiger partial charge in [-0.3, -0.25) is 0 Å². The fourth-order valence-corrected chi connectivity index (χ4v) is 3.10. The van der Waals surface area contributed by atoms with Crippen molar-refractivity contribution in [1.82, 2.24) is 0 Å². The Balaban J connectivity index is 2.20. The third-order valence-electron chi connectivity index (χ3n) is 3.83. The third kappa shape index (κ3) is 3.54. The minimum absolute atomic E-state index is 0.594. The number of anilines is 1. The van der Waals surface area contributed by atoms with Gasteiger partial charge in [0, 0.05) is 29.4 Å². The van der Waals surface area contributed by atoms with E-state index in [0.29, 0.717) is 11.1 Å². The Kier molecular flexibility index (Phi) is 5.07. The highest BCUT2D eigenvalue weighted by atomic mass is 35.5. The molecule has 0 atom stereocenters. The van der Waals surface area contributed by atoms with Crippen LogP contribution in [0.3, 0.4) is 0 Å². The normalized spacial score (nSPS) is 15.9. The molecule has 1 aromatic carbocycles. The summed E-state index contributed by atoms with van der Waals surface area (Å²) in [6, 6.07) is 6.45. The van der Waals surface area contributed by atoms with Gasteiger partial charge >= 0.3 is 5.97 Å². The second-order valence-corrected chi connectivity index (χ2v) is 5.51. The van der Waals surface area contributed by atoms with Crippen molar-refractivity contribution in [2.24, 2.45) is 0 Å². The summed E-state index contributed by atoms with van der Waals surface area (Å²) in [5.41, 5.74) is 1.86. The van der Waals surface area contributed by atoms with Crippen LogP contribution in [-0.4, -0.2) is 23.7 Å². The van der Waals surface area contributed by atoms with E-state index in [0.717, 1.165) is 23.9 Å². The molecule has 2 rings (SSSR count). The first-order chi connectivity index (χ1) is 9.61. The Bertz CT molecular complexity index is 507. The Hall–Kier alpha value is -1.48. The topological polar surface area (TPSA) is 40.5 Å².